The molecule has 0 bridgehead atoms. The van der Waals surface area contributed by atoms with Crippen molar-refractivity contribution in [2.75, 3.05) is 19.1 Å². The maximum absolute atomic E-state index is 12.7. The topological polar surface area (TPSA) is 38.2 Å². The monoisotopic (exact) mass is 247 g/mol. The molecule has 1 aromatic heterocycles. The maximum Gasteiger partial charge on any atom is 0.225 e. The van der Waals surface area contributed by atoms with Crippen molar-refractivity contribution in [3.8, 4) is 5.75 Å². The lowest BCUT2D eigenvalue weighted by Gasteiger charge is -2.16. The van der Waals surface area contributed by atoms with Crippen molar-refractivity contribution >= 4 is 5.95 Å². The van der Waals surface area contributed by atoms with Gasteiger partial charge in [-0.3, -0.25) is 0 Å². The molecule has 2 aromatic rings. The van der Waals surface area contributed by atoms with Gasteiger partial charge in [0.2, 0.25) is 5.95 Å². The van der Waals surface area contributed by atoms with Gasteiger partial charge in [0.1, 0.15) is 5.75 Å². The number of benzene rings is 1. The molecule has 0 atom stereocenters. The van der Waals surface area contributed by atoms with Crippen LogP contribution in [0.5, 0.6) is 5.75 Å². The molecule has 94 valence electrons. The van der Waals surface area contributed by atoms with Gasteiger partial charge in [0.15, 0.2) is 5.82 Å². The molecule has 0 aliphatic carbocycles. The third kappa shape index (κ3) is 2.94. The Bertz CT molecular complexity index is 499. The van der Waals surface area contributed by atoms with E-state index in [2.05, 4.69) is 9.97 Å². The molecule has 18 heavy (non-hydrogen) atoms. The van der Waals surface area contributed by atoms with Gasteiger partial charge >= 0.3 is 0 Å². The first-order chi connectivity index (χ1) is 8.69. The minimum atomic E-state index is -0.434. The van der Waals surface area contributed by atoms with Crippen molar-refractivity contribution in [1.29, 1.82) is 0 Å². The van der Waals surface area contributed by atoms with Crippen LogP contribution in [0.3, 0.4) is 0 Å². The maximum atomic E-state index is 12.7. The van der Waals surface area contributed by atoms with E-state index in [9.17, 15) is 4.39 Å². The highest BCUT2D eigenvalue weighted by molar-refractivity contribution is 5.33. The summed E-state index contributed by atoms with van der Waals surface area (Å²) in [5.41, 5.74) is 1.10. The lowest BCUT2D eigenvalue weighted by molar-refractivity contribution is 0.414. The summed E-state index contributed by atoms with van der Waals surface area (Å²) in [4.78, 5) is 9.69. The molecular weight excluding hydrogens is 233 g/mol. The molecular formula is C13H14FN3O. The molecule has 0 amide bonds. The molecule has 0 aliphatic rings. The molecule has 0 saturated carbocycles. The van der Waals surface area contributed by atoms with Gasteiger partial charge in [0.05, 0.1) is 19.5 Å². The molecule has 2 rings (SSSR count). The zero-order valence-corrected chi connectivity index (χ0v) is 10.3. The highest BCUT2D eigenvalue weighted by atomic mass is 19.1. The summed E-state index contributed by atoms with van der Waals surface area (Å²) in [6.45, 7) is 0.648. The van der Waals surface area contributed by atoms with Crippen LogP contribution in [0.25, 0.3) is 0 Å². The Morgan fingerprint density at radius 3 is 2.33 bits per heavy atom. The number of hydrogen-bond donors (Lipinski definition) is 0. The smallest absolute Gasteiger partial charge is 0.225 e. The molecule has 1 aromatic carbocycles. The number of halogens is 1. The van der Waals surface area contributed by atoms with Crippen LogP contribution in [0, 0.1) is 5.82 Å². The second-order valence-corrected chi connectivity index (χ2v) is 3.91. The Morgan fingerprint density at radius 1 is 1.17 bits per heavy atom. The van der Waals surface area contributed by atoms with Crippen LogP contribution in [-0.2, 0) is 6.54 Å². The van der Waals surface area contributed by atoms with Gasteiger partial charge in [-0.2, -0.15) is 0 Å². The summed E-state index contributed by atoms with van der Waals surface area (Å²) in [7, 11) is 3.49. The summed E-state index contributed by atoms with van der Waals surface area (Å²) in [6.07, 6.45) is 2.32. The van der Waals surface area contributed by atoms with Crippen molar-refractivity contribution in [2.45, 2.75) is 6.54 Å². The molecule has 5 heteroatoms. The molecule has 4 nitrogen and oxygen atoms in total. The molecule has 0 radical (unpaired) electrons. The first kappa shape index (κ1) is 12.3. The average molecular weight is 247 g/mol. The number of anilines is 1. The van der Waals surface area contributed by atoms with E-state index >= 15 is 0 Å². The minimum absolute atomic E-state index is 0.434. The van der Waals surface area contributed by atoms with Gasteiger partial charge in [-0.15, -0.1) is 0 Å². The largest absolute Gasteiger partial charge is 0.497 e. The van der Waals surface area contributed by atoms with Crippen LogP contribution in [0.4, 0.5) is 10.3 Å². The second kappa shape index (κ2) is 5.44. The molecule has 0 spiro atoms. The van der Waals surface area contributed by atoms with E-state index in [0.717, 1.165) is 23.7 Å². The molecule has 0 fully saturated rings. The van der Waals surface area contributed by atoms with E-state index in [4.69, 9.17) is 4.74 Å². The first-order valence-corrected chi connectivity index (χ1v) is 5.50. The summed E-state index contributed by atoms with van der Waals surface area (Å²) >= 11 is 0. The Kier molecular flexibility index (Phi) is 3.72. The fourth-order valence-electron chi connectivity index (χ4n) is 1.58. The first-order valence-electron chi connectivity index (χ1n) is 5.50. The predicted octanol–water partition coefficient (Wildman–Crippen LogP) is 2.26. The van der Waals surface area contributed by atoms with Crippen LogP contribution in [0.15, 0.2) is 36.7 Å². The zero-order chi connectivity index (χ0) is 13.0. The van der Waals surface area contributed by atoms with Crippen LogP contribution < -0.4 is 9.64 Å². The van der Waals surface area contributed by atoms with Gasteiger partial charge < -0.3 is 9.64 Å². The fourth-order valence-corrected chi connectivity index (χ4v) is 1.58. The minimum Gasteiger partial charge on any atom is -0.497 e. The van der Waals surface area contributed by atoms with Gasteiger partial charge in [-0.05, 0) is 17.7 Å². The van der Waals surface area contributed by atoms with Crippen molar-refractivity contribution in [3.05, 3.63) is 48.0 Å². The SMILES string of the molecule is COc1ccc(CN(C)c2ncc(F)cn2)cc1. The molecule has 1 heterocycles. The summed E-state index contributed by atoms with van der Waals surface area (Å²) in [5.74, 6) is 0.878. The van der Waals surface area contributed by atoms with E-state index in [0.29, 0.717) is 12.5 Å². The summed E-state index contributed by atoms with van der Waals surface area (Å²) < 4.78 is 17.8. The van der Waals surface area contributed by atoms with Crippen LogP contribution in [0.1, 0.15) is 5.56 Å². The predicted molar refractivity (Wildman–Crippen MR) is 67.1 cm³/mol. The third-order valence-electron chi connectivity index (χ3n) is 2.53. The lowest BCUT2D eigenvalue weighted by Crippen LogP contribution is -2.18. The highest BCUT2D eigenvalue weighted by Gasteiger charge is 2.05. The van der Waals surface area contributed by atoms with Crippen molar-refractivity contribution in [2.24, 2.45) is 0 Å². The number of rotatable bonds is 4. The third-order valence-corrected chi connectivity index (χ3v) is 2.53. The number of hydrogen-bond acceptors (Lipinski definition) is 4. The van der Waals surface area contributed by atoms with E-state index in [1.807, 2.05) is 36.2 Å². The van der Waals surface area contributed by atoms with Gasteiger partial charge in [0.25, 0.3) is 0 Å². The van der Waals surface area contributed by atoms with Gasteiger partial charge in [0, 0.05) is 13.6 Å². The lowest BCUT2D eigenvalue weighted by atomic mass is 10.2. The second-order valence-electron chi connectivity index (χ2n) is 3.91. The van der Waals surface area contributed by atoms with Crippen LogP contribution in [-0.4, -0.2) is 24.1 Å². The summed E-state index contributed by atoms with van der Waals surface area (Å²) in [5, 5.41) is 0. The average Bonchev–Trinajstić information content (AvgIpc) is 2.40. The van der Waals surface area contributed by atoms with Gasteiger partial charge in [-0.25, -0.2) is 14.4 Å². The molecule has 0 N–H and O–H groups in total. The Morgan fingerprint density at radius 2 is 1.78 bits per heavy atom. The highest BCUT2D eigenvalue weighted by Crippen LogP contribution is 2.14. The standard InChI is InChI=1S/C13H14FN3O/c1-17(13-15-7-11(14)8-16-13)9-10-3-5-12(18-2)6-4-10/h3-8H,9H2,1-2H3. The van der Waals surface area contributed by atoms with E-state index in [-0.39, 0.29) is 0 Å². The zero-order valence-electron chi connectivity index (χ0n) is 10.3. The van der Waals surface area contributed by atoms with Crippen LogP contribution in [0.2, 0.25) is 0 Å². The number of ether oxygens (including phenoxy) is 1. The van der Waals surface area contributed by atoms with E-state index in [1.165, 1.54) is 0 Å². The van der Waals surface area contributed by atoms with Crippen molar-refractivity contribution in [3.63, 3.8) is 0 Å². The molecule has 0 saturated heterocycles. The Hall–Kier alpha value is -2.17. The van der Waals surface area contributed by atoms with E-state index < -0.39 is 5.82 Å². The number of methoxy groups -OCH3 is 1. The van der Waals surface area contributed by atoms with Gasteiger partial charge in [-0.1, -0.05) is 12.1 Å². The van der Waals surface area contributed by atoms with Crippen molar-refractivity contribution < 1.29 is 9.13 Å². The number of aromatic nitrogens is 2. The van der Waals surface area contributed by atoms with E-state index in [1.54, 1.807) is 7.11 Å². The van der Waals surface area contributed by atoms with Crippen LogP contribution >= 0.6 is 0 Å². The molecule has 0 aliphatic heterocycles. The fraction of sp³-hybridized carbons (Fsp3) is 0.231. The van der Waals surface area contributed by atoms with Crippen molar-refractivity contribution in [1.82, 2.24) is 9.97 Å². The number of nitrogens with zero attached hydrogens (tertiary/aromatic N) is 3. The quantitative estimate of drug-likeness (QED) is 0.830. The molecule has 0 unspecified atom stereocenters. The Labute approximate surface area is 105 Å². The normalized spacial score (nSPS) is 10.2. The Balaban J connectivity index is 2.05. The summed E-state index contributed by atoms with van der Waals surface area (Å²) in [6, 6.07) is 7.74.